The lowest BCUT2D eigenvalue weighted by Crippen LogP contribution is -2.46. The lowest BCUT2D eigenvalue weighted by atomic mass is 9.84. The van der Waals surface area contributed by atoms with E-state index in [1.165, 1.54) is 6.42 Å². The minimum Gasteiger partial charge on any atom is -0.348 e. The first kappa shape index (κ1) is 16.4. The van der Waals surface area contributed by atoms with E-state index in [1.807, 2.05) is 0 Å². The second-order valence-corrected chi connectivity index (χ2v) is 5.63. The molecule has 3 N–H and O–H groups in total. The molecule has 0 spiro atoms. The number of carbonyl (C=O) groups is 1. The third-order valence-corrected chi connectivity index (χ3v) is 4.19. The van der Waals surface area contributed by atoms with E-state index in [0.29, 0.717) is 0 Å². The zero-order valence-electron chi connectivity index (χ0n) is 12.3. The molecule has 1 amide bonds. The molecule has 0 aromatic heterocycles. The number of benzene rings is 1. The van der Waals surface area contributed by atoms with Crippen molar-refractivity contribution in [3.63, 3.8) is 0 Å². The van der Waals surface area contributed by atoms with Crippen molar-refractivity contribution in [1.29, 1.82) is 0 Å². The second-order valence-electron chi connectivity index (χ2n) is 5.63. The molecule has 120 valence electrons. The fourth-order valence-electron chi connectivity index (χ4n) is 3.00. The topological polar surface area (TPSA) is 98.3 Å². The van der Waals surface area contributed by atoms with Gasteiger partial charge in [-0.05, 0) is 30.9 Å². The highest BCUT2D eigenvalue weighted by Gasteiger charge is 2.27. The summed E-state index contributed by atoms with van der Waals surface area (Å²) in [4.78, 5) is 22.6. The predicted molar refractivity (Wildman–Crippen MR) is 79.9 cm³/mol. The molecular weight excluding hydrogens is 289 g/mol. The molecule has 22 heavy (non-hydrogen) atoms. The Morgan fingerprint density at radius 2 is 2.09 bits per heavy atom. The SMILES string of the molecule is NCC(NC(=O)c1cc(F)ccc1[N+](=O)[O-])C1CCCCC1. The van der Waals surface area contributed by atoms with E-state index in [0.717, 1.165) is 43.9 Å². The summed E-state index contributed by atoms with van der Waals surface area (Å²) in [7, 11) is 0. The number of amides is 1. The lowest BCUT2D eigenvalue weighted by Gasteiger charge is -2.30. The molecule has 2 rings (SSSR count). The molecule has 1 saturated carbocycles. The van der Waals surface area contributed by atoms with Gasteiger partial charge in [0.05, 0.1) is 4.92 Å². The summed E-state index contributed by atoms with van der Waals surface area (Å²) < 4.78 is 13.3. The average molecular weight is 309 g/mol. The Morgan fingerprint density at radius 1 is 1.41 bits per heavy atom. The molecule has 0 aliphatic heterocycles. The Kier molecular flexibility index (Phi) is 5.43. The number of carbonyl (C=O) groups excluding carboxylic acids is 1. The zero-order chi connectivity index (χ0) is 16.1. The van der Waals surface area contributed by atoms with Crippen molar-refractivity contribution in [3.05, 3.63) is 39.7 Å². The monoisotopic (exact) mass is 309 g/mol. The summed E-state index contributed by atoms with van der Waals surface area (Å²) in [5, 5.41) is 13.7. The van der Waals surface area contributed by atoms with E-state index >= 15 is 0 Å². The van der Waals surface area contributed by atoms with Crippen LogP contribution in [0.1, 0.15) is 42.5 Å². The summed E-state index contributed by atoms with van der Waals surface area (Å²) in [5.74, 6) is -1.06. The zero-order valence-corrected chi connectivity index (χ0v) is 12.3. The number of nitro benzene ring substituents is 1. The summed E-state index contributed by atoms with van der Waals surface area (Å²) in [5.41, 5.74) is 5.07. The highest BCUT2D eigenvalue weighted by Crippen LogP contribution is 2.27. The van der Waals surface area contributed by atoms with Crippen molar-refractivity contribution < 1.29 is 14.1 Å². The molecule has 1 unspecified atom stereocenters. The van der Waals surface area contributed by atoms with Crippen molar-refractivity contribution in [2.24, 2.45) is 11.7 Å². The van der Waals surface area contributed by atoms with Gasteiger partial charge in [0.15, 0.2) is 0 Å². The number of hydrogen-bond acceptors (Lipinski definition) is 4. The Hall–Kier alpha value is -2.02. The summed E-state index contributed by atoms with van der Waals surface area (Å²) >= 11 is 0. The Morgan fingerprint density at radius 3 is 2.68 bits per heavy atom. The third-order valence-electron chi connectivity index (χ3n) is 4.19. The molecule has 0 saturated heterocycles. The standard InChI is InChI=1S/C15H20FN3O3/c16-11-6-7-14(19(21)22)12(8-11)15(20)18-13(9-17)10-4-2-1-3-5-10/h6-8,10,13H,1-5,9,17H2,(H,18,20). The Labute approximate surface area is 128 Å². The van der Waals surface area contributed by atoms with Crippen LogP contribution in [0.4, 0.5) is 10.1 Å². The molecule has 1 atom stereocenters. The maximum absolute atomic E-state index is 13.3. The number of nitrogens with zero attached hydrogens (tertiary/aromatic N) is 1. The Bertz CT molecular complexity index is 559. The van der Waals surface area contributed by atoms with Crippen LogP contribution in [-0.4, -0.2) is 23.4 Å². The first-order valence-corrected chi connectivity index (χ1v) is 7.47. The first-order valence-electron chi connectivity index (χ1n) is 7.47. The van der Waals surface area contributed by atoms with Gasteiger partial charge in [-0.25, -0.2) is 4.39 Å². The lowest BCUT2D eigenvalue weighted by molar-refractivity contribution is -0.385. The smallest absolute Gasteiger partial charge is 0.282 e. The van der Waals surface area contributed by atoms with Gasteiger partial charge < -0.3 is 11.1 Å². The van der Waals surface area contributed by atoms with Gasteiger partial charge in [0.2, 0.25) is 0 Å². The van der Waals surface area contributed by atoms with Crippen molar-refractivity contribution in [3.8, 4) is 0 Å². The van der Waals surface area contributed by atoms with Crippen LogP contribution < -0.4 is 11.1 Å². The van der Waals surface area contributed by atoms with Crippen LogP contribution >= 0.6 is 0 Å². The first-order chi connectivity index (χ1) is 10.5. The van der Waals surface area contributed by atoms with E-state index in [9.17, 15) is 19.3 Å². The fraction of sp³-hybridized carbons (Fsp3) is 0.533. The van der Waals surface area contributed by atoms with Crippen LogP contribution in [0.3, 0.4) is 0 Å². The molecule has 6 nitrogen and oxygen atoms in total. The van der Waals surface area contributed by atoms with Crippen LogP contribution in [0, 0.1) is 21.8 Å². The van der Waals surface area contributed by atoms with Crippen LogP contribution in [0.15, 0.2) is 18.2 Å². The van der Waals surface area contributed by atoms with E-state index in [2.05, 4.69) is 5.32 Å². The summed E-state index contributed by atoms with van der Waals surface area (Å²) in [6, 6.07) is 2.62. The maximum Gasteiger partial charge on any atom is 0.282 e. The largest absolute Gasteiger partial charge is 0.348 e. The normalized spacial score (nSPS) is 17.0. The molecular formula is C15H20FN3O3. The van der Waals surface area contributed by atoms with Crippen LogP contribution in [0.5, 0.6) is 0 Å². The molecule has 1 aromatic carbocycles. The number of rotatable bonds is 5. The molecule has 1 aromatic rings. The van der Waals surface area contributed by atoms with Gasteiger partial charge in [-0.15, -0.1) is 0 Å². The van der Waals surface area contributed by atoms with Crippen LogP contribution in [0.2, 0.25) is 0 Å². The van der Waals surface area contributed by atoms with E-state index < -0.39 is 22.3 Å². The van der Waals surface area contributed by atoms with Gasteiger partial charge in [0.25, 0.3) is 11.6 Å². The number of nitrogens with two attached hydrogens (primary N) is 1. The molecule has 1 aliphatic carbocycles. The van der Waals surface area contributed by atoms with E-state index in [1.54, 1.807) is 0 Å². The summed E-state index contributed by atoms with van der Waals surface area (Å²) in [6.07, 6.45) is 5.33. The van der Waals surface area contributed by atoms with Crippen molar-refractivity contribution in [2.45, 2.75) is 38.1 Å². The molecule has 0 radical (unpaired) electrons. The van der Waals surface area contributed by atoms with Crippen LogP contribution in [0.25, 0.3) is 0 Å². The molecule has 0 heterocycles. The number of nitro groups is 1. The van der Waals surface area contributed by atoms with Crippen molar-refractivity contribution >= 4 is 11.6 Å². The quantitative estimate of drug-likeness (QED) is 0.644. The highest BCUT2D eigenvalue weighted by molar-refractivity contribution is 5.98. The van der Waals surface area contributed by atoms with Gasteiger partial charge in [-0.3, -0.25) is 14.9 Å². The predicted octanol–water partition coefficient (Wildman–Crippen LogP) is 2.37. The van der Waals surface area contributed by atoms with Crippen molar-refractivity contribution in [1.82, 2.24) is 5.32 Å². The highest BCUT2D eigenvalue weighted by atomic mass is 19.1. The maximum atomic E-state index is 13.3. The van der Waals surface area contributed by atoms with E-state index in [4.69, 9.17) is 5.73 Å². The van der Waals surface area contributed by atoms with Gasteiger partial charge in [-0.1, -0.05) is 19.3 Å². The molecule has 1 aliphatic rings. The van der Waals surface area contributed by atoms with E-state index in [-0.39, 0.29) is 24.1 Å². The number of halogens is 1. The van der Waals surface area contributed by atoms with Gasteiger partial charge in [0.1, 0.15) is 11.4 Å². The fourth-order valence-corrected chi connectivity index (χ4v) is 3.00. The minimum atomic E-state index is -0.688. The second kappa shape index (κ2) is 7.31. The van der Waals surface area contributed by atoms with Gasteiger partial charge in [-0.2, -0.15) is 0 Å². The third kappa shape index (κ3) is 3.79. The molecule has 0 bridgehead atoms. The van der Waals surface area contributed by atoms with Crippen molar-refractivity contribution in [2.75, 3.05) is 6.54 Å². The minimum absolute atomic E-state index is 0.240. The van der Waals surface area contributed by atoms with Crippen LogP contribution in [-0.2, 0) is 0 Å². The average Bonchev–Trinajstić information content (AvgIpc) is 2.52. The molecule has 7 heteroatoms. The van der Waals surface area contributed by atoms with Gasteiger partial charge >= 0.3 is 0 Å². The van der Waals surface area contributed by atoms with Gasteiger partial charge in [0, 0.05) is 18.7 Å². The number of hydrogen-bond donors (Lipinski definition) is 2. The summed E-state index contributed by atoms with van der Waals surface area (Å²) in [6.45, 7) is 0.263. The number of nitrogens with one attached hydrogen (secondary N) is 1. The molecule has 1 fully saturated rings. The Balaban J connectivity index is 2.16.